The van der Waals surface area contributed by atoms with Crippen LogP contribution in [-0.4, -0.2) is 84.0 Å². The number of ether oxygens (including phenoxy) is 1. The number of halogens is 1. The van der Waals surface area contributed by atoms with Crippen LogP contribution in [0.15, 0.2) is 79.0 Å². The monoisotopic (exact) mass is 922 g/mol. The summed E-state index contributed by atoms with van der Waals surface area (Å²) in [5.74, 6) is -0.173. The Morgan fingerprint density at radius 3 is 2.48 bits per heavy atom. The van der Waals surface area contributed by atoms with Crippen molar-refractivity contribution in [2.45, 2.75) is 90.1 Å². The van der Waals surface area contributed by atoms with Crippen LogP contribution in [0.25, 0.3) is 21.8 Å². The van der Waals surface area contributed by atoms with Crippen molar-refractivity contribution in [2.75, 3.05) is 46.9 Å². The number of rotatable bonds is 14. The number of hydrogen-bond acceptors (Lipinski definition) is 12. The summed E-state index contributed by atoms with van der Waals surface area (Å²) in [5.41, 5.74) is 3.25. The van der Waals surface area contributed by atoms with Gasteiger partial charge in [-0.3, -0.25) is 24.4 Å². The van der Waals surface area contributed by atoms with Crippen LogP contribution in [0.4, 0.5) is 27.4 Å². The minimum atomic E-state index is -3.73. The van der Waals surface area contributed by atoms with Crippen molar-refractivity contribution in [3.8, 4) is 27.6 Å². The second-order valence-electron chi connectivity index (χ2n) is 18.1. The lowest BCUT2D eigenvalue weighted by molar-refractivity contribution is -0.135. The highest BCUT2D eigenvalue weighted by atomic mass is 32.2. The highest BCUT2D eigenvalue weighted by Gasteiger charge is 2.32. The molecule has 0 saturated carbocycles. The third kappa shape index (κ3) is 11.0. The number of thiazole rings is 1. The molecule has 5 heterocycles. The Bertz CT molecular complexity index is 2660. The molecule has 0 spiro atoms. The minimum absolute atomic E-state index is 0.0541. The first-order valence-corrected chi connectivity index (χ1v) is 24.7. The quantitative estimate of drug-likeness (QED) is 0.0913. The normalized spacial score (nSPS) is 18.4. The van der Waals surface area contributed by atoms with Crippen molar-refractivity contribution in [1.82, 2.24) is 25.2 Å². The van der Waals surface area contributed by atoms with E-state index in [0.29, 0.717) is 85.3 Å². The van der Waals surface area contributed by atoms with Gasteiger partial charge in [0, 0.05) is 86.5 Å². The van der Waals surface area contributed by atoms with E-state index in [1.165, 1.54) is 17.4 Å². The molecular weight excluding hydrogens is 868 g/mol. The molecule has 0 radical (unpaired) electrons. The molecule has 3 N–H and O–H groups in total. The van der Waals surface area contributed by atoms with Crippen LogP contribution in [0, 0.1) is 11.7 Å². The lowest BCUT2D eigenvalue weighted by Crippen LogP contribution is -2.42. The van der Waals surface area contributed by atoms with Gasteiger partial charge in [0.1, 0.15) is 11.9 Å². The predicted molar refractivity (Wildman–Crippen MR) is 251 cm³/mol. The molecule has 3 aliphatic rings. The molecule has 2 aromatic heterocycles. The third-order valence-corrected chi connectivity index (χ3v) is 15.0. The average Bonchev–Trinajstić information content (AvgIpc) is 3.94. The van der Waals surface area contributed by atoms with Crippen molar-refractivity contribution >= 4 is 62.1 Å². The van der Waals surface area contributed by atoms with E-state index in [2.05, 4.69) is 25.2 Å². The maximum atomic E-state index is 16.1. The lowest BCUT2D eigenvalue weighted by Gasteiger charge is -2.33. The van der Waals surface area contributed by atoms with Crippen molar-refractivity contribution in [3.63, 3.8) is 0 Å². The van der Waals surface area contributed by atoms with Crippen LogP contribution >= 0.6 is 11.3 Å². The number of nitrogens with zero attached hydrogens (tertiary/aromatic N) is 5. The molecule has 3 saturated heterocycles. The Kier molecular flexibility index (Phi) is 13.5. The van der Waals surface area contributed by atoms with E-state index in [-0.39, 0.29) is 58.1 Å². The van der Waals surface area contributed by atoms with Gasteiger partial charge in [0.2, 0.25) is 33.7 Å². The molecule has 3 fully saturated rings. The van der Waals surface area contributed by atoms with E-state index in [1.807, 2.05) is 74.2 Å². The molecule has 5 aromatic rings. The molecule has 2 atom stereocenters. The summed E-state index contributed by atoms with van der Waals surface area (Å²) in [5, 5.41) is 6.49. The van der Waals surface area contributed by atoms with Gasteiger partial charge in [-0.1, -0.05) is 52.0 Å². The van der Waals surface area contributed by atoms with Gasteiger partial charge < -0.3 is 19.9 Å². The second kappa shape index (κ2) is 19.3. The number of carbonyl (C=O) groups is 3. The zero-order chi connectivity index (χ0) is 45.9. The van der Waals surface area contributed by atoms with E-state index in [0.717, 1.165) is 35.8 Å². The first-order valence-electron chi connectivity index (χ1n) is 22.3. The van der Waals surface area contributed by atoms with Gasteiger partial charge in [-0.25, -0.2) is 27.8 Å². The molecule has 0 aliphatic carbocycles. The molecule has 3 aromatic carbocycles. The van der Waals surface area contributed by atoms with Crippen LogP contribution in [0.1, 0.15) is 89.1 Å². The predicted octanol–water partition coefficient (Wildman–Crippen LogP) is 8.41. The van der Waals surface area contributed by atoms with Gasteiger partial charge >= 0.3 is 0 Å². The summed E-state index contributed by atoms with van der Waals surface area (Å²) >= 11 is 1.40. The average molecular weight is 923 g/mol. The number of piperidine rings is 2. The Labute approximate surface area is 383 Å². The number of hydrogen-bond donors (Lipinski definition) is 3. The molecule has 17 heteroatoms. The number of nitrogens with one attached hydrogen (secondary N) is 3. The Hall–Kier alpha value is -5.94. The van der Waals surface area contributed by atoms with Crippen LogP contribution < -0.4 is 25.0 Å². The summed E-state index contributed by atoms with van der Waals surface area (Å²) in [6, 6.07) is 21.9. The summed E-state index contributed by atoms with van der Waals surface area (Å²) < 4.78 is 50.0. The number of likely N-dealkylation sites (tertiary alicyclic amines) is 1. The molecule has 3 aliphatic heterocycles. The van der Waals surface area contributed by atoms with Gasteiger partial charge in [-0.2, -0.15) is 0 Å². The van der Waals surface area contributed by atoms with Crippen molar-refractivity contribution in [1.29, 1.82) is 0 Å². The van der Waals surface area contributed by atoms with E-state index in [1.54, 1.807) is 31.3 Å². The second-order valence-corrected chi connectivity index (χ2v) is 20.9. The minimum Gasteiger partial charge on any atom is -0.490 e. The fourth-order valence-corrected chi connectivity index (χ4v) is 10.8. The molecule has 65 heavy (non-hydrogen) atoms. The van der Waals surface area contributed by atoms with Gasteiger partial charge in [0.05, 0.1) is 38.6 Å². The SMILES string of the molecule is CCCS(=O)(=O)Nc1cccc(-c2nc(C(C)(C)C)sc2-c2ccnc(Nc3cccc(OC4CCN(C(=O)C[C@H]5CCN(c6ccc(C7CCC(=O)NC7=O)cc6)C5)CC4)c3)n2)c1F. The summed E-state index contributed by atoms with van der Waals surface area (Å²) in [4.78, 5) is 56.4. The fourth-order valence-electron chi connectivity index (χ4n) is 8.55. The number of aromatic nitrogens is 3. The van der Waals surface area contributed by atoms with Gasteiger partial charge in [0.15, 0.2) is 5.82 Å². The van der Waals surface area contributed by atoms with E-state index >= 15 is 4.39 Å². The lowest BCUT2D eigenvalue weighted by atomic mass is 9.90. The topological polar surface area (TPSA) is 176 Å². The zero-order valence-electron chi connectivity index (χ0n) is 37.1. The first-order chi connectivity index (χ1) is 31.1. The fraction of sp³-hybridized carbons (Fsp3) is 0.417. The smallest absolute Gasteiger partial charge is 0.234 e. The maximum absolute atomic E-state index is 16.1. The number of imide groups is 1. The summed E-state index contributed by atoms with van der Waals surface area (Å²) in [7, 11) is -3.73. The number of benzene rings is 3. The van der Waals surface area contributed by atoms with E-state index < -0.39 is 15.8 Å². The Balaban J connectivity index is 0.860. The highest BCUT2D eigenvalue weighted by molar-refractivity contribution is 7.92. The highest BCUT2D eigenvalue weighted by Crippen LogP contribution is 2.42. The van der Waals surface area contributed by atoms with Gasteiger partial charge in [0.25, 0.3) is 0 Å². The Morgan fingerprint density at radius 1 is 0.969 bits per heavy atom. The van der Waals surface area contributed by atoms with Crippen LogP contribution in [-0.2, 0) is 29.8 Å². The Morgan fingerprint density at radius 2 is 1.74 bits per heavy atom. The number of amides is 3. The molecule has 0 bridgehead atoms. The van der Waals surface area contributed by atoms with Crippen molar-refractivity contribution in [2.24, 2.45) is 5.92 Å². The van der Waals surface area contributed by atoms with Crippen LogP contribution in [0.5, 0.6) is 5.75 Å². The molecular formula is C48H55FN8O6S2. The van der Waals surface area contributed by atoms with Gasteiger partial charge in [-0.05, 0) is 73.2 Å². The number of sulfonamides is 1. The molecule has 14 nitrogen and oxygen atoms in total. The van der Waals surface area contributed by atoms with Crippen LogP contribution in [0.2, 0.25) is 0 Å². The molecule has 1 unspecified atom stereocenters. The summed E-state index contributed by atoms with van der Waals surface area (Å²) in [6.45, 7) is 10.7. The zero-order valence-corrected chi connectivity index (χ0v) is 38.7. The standard InChI is InChI=1S/C48H55FN8O6S2/c1-5-26-65(61,62)55-38-11-7-10-37(42(38)49)43-44(64-46(54-43)48(2,3)4)39-18-22-50-47(52-39)51-32-8-6-9-35(28-32)63-34-20-24-56(25-21-34)41(59)27-30-19-23-57(29-30)33-14-12-31(13-15-33)36-16-17-40(58)53-45(36)60/h6-15,18,22,28,30,34,36,55H,5,16-17,19-21,23-27,29H2,1-4H3,(H,50,51,52)(H,53,58,60)/t30-,36?/m1/s1. The van der Waals surface area contributed by atoms with E-state index in [4.69, 9.17) is 14.7 Å². The third-order valence-electron chi connectivity index (χ3n) is 12.0. The molecule has 342 valence electrons. The molecule has 3 amide bonds. The van der Waals surface area contributed by atoms with Crippen molar-refractivity contribution in [3.05, 3.63) is 95.4 Å². The van der Waals surface area contributed by atoms with Crippen LogP contribution in [0.3, 0.4) is 0 Å². The maximum Gasteiger partial charge on any atom is 0.234 e. The van der Waals surface area contributed by atoms with Crippen molar-refractivity contribution < 1.29 is 31.9 Å². The van der Waals surface area contributed by atoms with E-state index in [9.17, 15) is 22.8 Å². The number of anilines is 4. The first kappa shape index (κ1) is 45.6. The number of carbonyl (C=O) groups excluding carboxylic acids is 3. The van der Waals surface area contributed by atoms with Gasteiger partial charge in [-0.15, -0.1) is 11.3 Å². The summed E-state index contributed by atoms with van der Waals surface area (Å²) in [6.07, 6.45) is 5.71. The largest absolute Gasteiger partial charge is 0.490 e. The molecule has 8 rings (SSSR count).